The average molecular weight is 221 g/mol. The summed E-state index contributed by atoms with van der Waals surface area (Å²) in [4.78, 5) is 0. The summed E-state index contributed by atoms with van der Waals surface area (Å²) in [6.07, 6.45) is 3.07. The van der Waals surface area contributed by atoms with Crippen LogP contribution in [0.3, 0.4) is 0 Å². The summed E-state index contributed by atoms with van der Waals surface area (Å²) >= 11 is 0. The normalized spacial score (nSPS) is 12.6. The van der Waals surface area contributed by atoms with Crippen molar-refractivity contribution in [2.45, 2.75) is 6.92 Å². The van der Waals surface area contributed by atoms with Gasteiger partial charge in [0.1, 0.15) is 0 Å². The molecule has 0 aliphatic carbocycles. The predicted molar refractivity (Wildman–Crippen MR) is 61.5 cm³/mol. The van der Waals surface area contributed by atoms with Crippen LogP contribution in [-0.4, -0.2) is 7.11 Å². The molecule has 15 heavy (non-hydrogen) atoms. The number of hydrogen-bond acceptors (Lipinski definition) is 3. The Balaban J connectivity index is 3.11. The van der Waals surface area contributed by atoms with Gasteiger partial charge < -0.3 is 4.52 Å². The van der Waals surface area contributed by atoms with Crippen LogP contribution in [0, 0.1) is 18.3 Å². The maximum absolute atomic E-state index is 11.5. The van der Waals surface area contributed by atoms with Gasteiger partial charge in [-0.15, -0.1) is 0 Å². The van der Waals surface area contributed by atoms with Crippen LogP contribution in [0.2, 0.25) is 0 Å². The third-order valence-electron chi connectivity index (χ3n) is 1.87. The minimum absolute atomic E-state index is 0.681. The van der Waals surface area contributed by atoms with Crippen molar-refractivity contribution in [1.29, 1.82) is 5.26 Å². The Morgan fingerprint density at radius 2 is 2.20 bits per heavy atom. The first-order valence-electron chi connectivity index (χ1n) is 4.43. The van der Waals surface area contributed by atoms with Crippen molar-refractivity contribution in [3.8, 4) is 6.07 Å². The number of hydrogen-bond donors (Lipinski definition) is 0. The molecule has 1 atom stereocenters. The molecule has 0 saturated heterocycles. The van der Waals surface area contributed by atoms with Crippen molar-refractivity contribution in [3.63, 3.8) is 0 Å². The zero-order chi connectivity index (χ0) is 11.3. The molecule has 3 nitrogen and oxygen atoms in total. The molecule has 0 saturated carbocycles. The fraction of sp³-hybridized carbons (Fsp3) is 0.182. The van der Waals surface area contributed by atoms with Crippen LogP contribution in [-0.2, 0) is 9.09 Å². The monoisotopic (exact) mass is 221 g/mol. The van der Waals surface area contributed by atoms with Crippen LogP contribution in [0.25, 0.3) is 6.08 Å². The number of allylic oxidation sites excluding steroid dienone is 1. The summed E-state index contributed by atoms with van der Waals surface area (Å²) < 4.78 is 16.3. The second kappa shape index (κ2) is 5.50. The van der Waals surface area contributed by atoms with E-state index >= 15 is 0 Å². The van der Waals surface area contributed by atoms with E-state index in [-0.39, 0.29) is 0 Å². The van der Waals surface area contributed by atoms with E-state index in [4.69, 9.17) is 9.79 Å². The van der Waals surface area contributed by atoms with Gasteiger partial charge in [-0.3, -0.25) is 4.57 Å². The molecule has 0 amide bonds. The minimum atomic E-state index is -2.14. The van der Waals surface area contributed by atoms with E-state index in [1.807, 2.05) is 25.1 Å². The fourth-order valence-corrected chi connectivity index (χ4v) is 2.14. The molecular formula is C11H12NO2P. The zero-order valence-corrected chi connectivity index (χ0v) is 9.65. The molecule has 4 heteroatoms. The van der Waals surface area contributed by atoms with Crippen molar-refractivity contribution >= 4 is 19.4 Å². The average Bonchev–Trinajstić information content (AvgIpc) is 2.24. The third kappa shape index (κ3) is 3.36. The molecule has 0 bridgehead atoms. The van der Waals surface area contributed by atoms with Crippen LogP contribution in [0.4, 0.5) is 0 Å². The van der Waals surface area contributed by atoms with E-state index in [2.05, 4.69) is 0 Å². The molecule has 0 fully saturated rings. The standard InChI is InChI=1S/C11H12NO2P/c1-9-6-10(4-3-5-12)8-11(7-9)15(13)14-2/h3-4,6-8,15H,1-2H3/b4-3+. The number of nitriles is 1. The summed E-state index contributed by atoms with van der Waals surface area (Å²) in [5.41, 5.74) is 1.86. The van der Waals surface area contributed by atoms with Gasteiger partial charge in [-0.2, -0.15) is 5.26 Å². The molecule has 0 radical (unpaired) electrons. The van der Waals surface area contributed by atoms with Crippen LogP contribution in [0.5, 0.6) is 0 Å². The largest absolute Gasteiger partial charge is 0.331 e. The summed E-state index contributed by atoms with van der Waals surface area (Å²) in [5.74, 6) is 0. The molecule has 0 heterocycles. The van der Waals surface area contributed by atoms with E-state index in [0.29, 0.717) is 5.30 Å². The Hall–Kier alpha value is -1.36. The molecule has 1 aromatic carbocycles. The molecule has 0 aliphatic heterocycles. The first kappa shape index (κ1) is 11.7. The molecule has 1 rings (SSSR count). The lowest BCUT2D eigenvalue weighted by atomic mass is 10.1. The molecule has 0 aliphatic rings. The van der Waals surface area contributed by atoms with Crippen molar-refractivity contribution in [1.82, 2.24) is 0 Å². The van der Waals surface area contributed by atoms with Gasteiger partial charge >= 0.3 is 0 Å². The second-order valence-electron chi connectivity index (χ2n) is 3.09. The fourth-order valence-electron chi connectivity index (χ4n) is 1.28. The number of rotatable bonds is 3. The van der Waals surface area contributed by atoms with E-state index < -0.39 is 8.03 Å². The Morgan fingerprint density at radius 3 is 2.80 bits per heavy atom. The highest BCUT2D eigenvalue weighted by Gasteiger charge is 2.03. The predicted octanol–water partition coefficient (Wildman–Crippen LogP) is 2.28. The number of aryl methyl sites for hydroxylation is 1. The summed E-state index contributed by atoms with van der Waals surface area (Å²) in [6.45, 7) is 1.91. The lowest BCUT2D eigenvalue weighted by Gasteiger charge is -2.03. The second-order valence-corrected chi connectivity index (χ2v) is 4.65. The van der Waals surface area contributed by atoms with Gasteiger partial charge in [0.2, 0.25) is 8.03 Å². The summed E-state index contributed by atoms with van der Waals surface area (Å²) in [7, 11) is -0.717. The van der Waals surface area contributed by atoms with E-state index in [1.54, 1.807) is 12.1 Å². The first-order valence-corrected chi connectivity index (χ1v) is 5.75. The maximum atomic E-state index is 11.5. The summed E-state index contributed by atoms with van der Waals surface area (Å²) in [5, 5.41) is 9.09. The van der Waals surface area contributed by atoms with Gasteiger partial charge in [0.15, 0.2) is 0 Å². The SMILES string of the molecule is CO[PH](=O)c1cc(C)cc(/C=C/C#N)c1. The van der Waals surface area contributed by atoms with E-state index in [1.165, 1.54) is 13.2 Å². The van der Waals surface area contributed by atoms with Gasteiger partial charge in [-0.05, 0) is 36.3 Å². The molecule has 0 spiro atoms. The quantitative estimate of drug-likeness (QED) is 0.581. The highest BCUT2D eigenvalue weighted by atomic mass is 31.1. The number of benzene rings is 1. The van der Waals surface area contributed by atoms with E-state index in [0.717, 1.165) is 11.1 Å². The lowest BCUT2D eigenvalue weighted by Crippen LogP contribution is -1.99. The van der Waals surface area contributed by atoms with Crippen LogP contribution in [0.15, 0.2) is 24.3 Å². The van der Waals surface area contributed by atoms with Gasteiger partial charge in [0, 0.05) is 18.5 Å². The van der Waals surface area contributed by atoms with E-state index in [9.17, 15) is 4.57 Å². The van der Waals surface area contributed by atoms with Gasteiger partial charge in [0.25, 0.3) is 0 Å². The van der Waals surface area contributed by atoms with Crippen LogP contribution < -0.4 is 5.30 Å². The highest BCUT2D eigenvalue weighted by Crippen LogP contribution is 2.21. The maximum Gasteiger partial charge on any atom is 0.220 e. The van der Waals surface area contributed by atoms with Crippen molar-refractivity contribution in [2.24, 2.45) is 0 Å². The smallest absolute Gasteiger partial charge is 0.220 e. The topological polar surface area (TPSA) is 50.1 Å². The molecular weight excluding hydrogens is 209 g/mol. The minimum Gasteiger partial charge on any atom is -0.331 e. The van der Waals surface area contributed by atoms with Crippen LogP contribution >= 0.6 is 8.03 Å². The molecule has 0 aromatic heterocycles. The van der Waals surface area contributed by atoms with Crippen molar-refractivity contribution < 1.29 is 9.09 Å². The zero-order valence-electron chi connectivity index (χ0n) is 8.65. The lowest BCUT2D eigenvalue weighted by molar-refractivity contribution is 0.423. The van der Waals surface area contributed by atoms with Crippen LogP contribution in [0.1, 0.15) is 11.1 Å². The van der Waals surface area contributed by atoms with Crippen molar-refractivity contribution in [3.05, 3.63) is 35.4 Å². The molecule has 0 N–H and O–H groups in total. The van der Waals surface area contributed by atoms with Gasteiger partial charge in [-0.1, -0.05) is 6.07 Å². The third-order valence-corrected chi connectivity index (χ3v) is 3.00. The first-order chi connectivity index (χ1) is 7.17. The van der Waals surface area contributed by atoms with Gasteiger partial charge in [-0.25, -0.2) is 0 Å². The number of nitrogens with zero attached hydrogens (tertiary/aromatic N) is 1. The molecule has 1 unspecified atom stereocenters. The Morgan fingerprint density at radius 1 is 1.47 bits per heavy atom. The van der Waals surface area contributed by atoms with Gasteiger partial charge in [0.05, 0.1) is 6.07 Å². The molecule has 1 aromatic rings. The Labute approximate surface area is 89.9 Å². The van der Waals surface area contributed by atoms with Crippen molar-refractivity contribution in [2.75, 3.05) is 7.11 Å². The molecule has 78 valence electrons. The Bertz CT molecular complexity index is 446. The summed E-state index contributed by atoms with van der Waals surface area (Å²) in [6, 6.07) is 7.43. The highest BCUT2D eigenvalue weighted by molar-refractivity contribution is 7.48. The Kier molecular flexibility index (Phi) is 4.30.